The van der Waals surface area contributed by atoms with Crippen molar-refractivity contribution < 1.29 is 15.3 Å². The van der Waals surface area contributed by atoms with Crippen molar-refractivity contribution in [3.63, 3.8) is 0 Å². The molecular weight excluding hydrogens is 1390 g/mol. The first-order valence-electron chi connectivity index (χ1n) is 48.8. The zero-order chi connectivity index (χ0) is 82.0. The van der Waals surface area contributed by atoms with Gasteiger partial charge in [0.15, 0.2) is 0 Å². The van der Waals surface area contributed by atoms with E-state index in [1.165, 1.54) is 208 Å². The number of benzene rings is 2. The summed E-state index contributed by atoms with van der Waals surface area (Å²) in [5.74, 6) is 13.1. The Hall–Kier alpha value is -2.96. The number of hydrogen-bond acceptors (Lipinski definition) is 5. The van der Waals surface area contributed by atoms with Crippen molar-refractivity contribution in [3.05, 3.63) is 121 Å². The van der Waals surface area contributed by atoms with E-state index in [0.717, 1.165) is 111 Å². The molecule has 2 aromatic carbocycles. The van der Waals surface area contributed by atoms with Crippen LogP contribution in [0, 0.1) is 182 Å². The van der Waals surface area contributed by atoms with E-state index in [0.29, 0.717) is 112 Å². The Morgan fingerprint density at radius 1 is 0.368 bits per heavy atom. The molecule has 0 aromatic heterocycles. The molecule has 0 aliphatic heterocycles. The SMILES string of the molecule is C=C(C)[C@@H]1CC[C@]2(C(=C)O)CC[C@]3(C)C(CCC4[C@@]5(C)CC[C@H](C)[C@@](C)(CC)[C@@H]5CC[C@]43C)C12.C=C(C)[C@@H]1CC[C@]2(CNCc3ccccc3)CC[C@]3(C)C(CCC4[C@@]5(C)CC[C@H](C)[C@@](C)(CC)[C@@H]5CC[C@]43C)C12.C=C(C)[C@@H]1CC[C@]2(CNCc3ccccc3)CC[C@]3(C)C(CCC4[C@@]5(C)CC[C@H](O)[C@@](C)(CO)[C@@H]5CC[C@]43C)C12. The van der Waals surface area contributed by atoms with E-state index in [-0.39, 0.29) is 29.0 Å². The van der Waals surface area contributed by atoms with Gasteiger partial charge in [-0.25, -0.2) is 0 Å². The van der Waals surface area contributed by atoms with Gasteiger partial charge in [-0.05, 0) is 396 Å². The predicted molar refractivity (Wildman–Crippen MR) is 480 cm³/mol. The lowest BCUT2D eigenvalue weighted by Crippen LogP contribution is -2.67. The lowest BCUT2D eigenvalue weighted by Gasteiger charge is -2.73. The van der Waals surface area contributed by atoms with Crippen LogP contribution in [-0.4, -0.2) is 41.1 Å². The molecule has 114 heavy (non-hydrogen) atoms. The molecular formula is C109H172N2O3. The molecule has 17 rings (SSSR count). The summed E-state index contributed by atoms with van der Waals surface area (Å²) in [6.07, 6.45) is 42.2. The monoisotopic (exact) mass is 1560 g/mol. The van der Waals surface area contributed by atoms with Crippen molar-refractivity contribution in [2.24, 2.45) is 182 Å². The van der Waals surface area contributed by atoms with E-state index >= 15 is 0 Å². The number of aliphatic hydroxyl groups is 3. The van der Waals surface area contributed by atoms with Crippen LogP contribution in [0.5, 0.6) is 0 Å². The van der Waals surface area contributed by atoms with E-state index in [1.807, 2.05) is 0 Å². The highest BCUT2D eigenvalue weighted by molar-refractivity contribution is 5.29. The molecule has 5 nitrogen and oxygen atoms in total. The third-order valence-electron chi connectivity index (χ3n) is 45.7. The highest BCUT2D eigenvalue weighted by Gasteiger charge is 2.76. The molecule has 636 valence electrons. The predicted octanol–water partition coefficient (Wildman–Crippen LogP) is 28.0. The van der Waals surface area contributed by atoms with Gasteiger partial charge in [-0.1, -0.05) is 227 Å². The molecule has 9 unspecified atom stereocenters. The Labute approximate surface area is 700 Å². The first-order chi connectivity index (χ1) is 53.7. The maximum atomic E-state index is 11.1. The van der Waals surface area contributed by atoms with Crippen LogP contribution in [-0.2, 0) is 13.1 Å². The molecule has 15 aliphatic rings. The zero-order valence-electron chi connectivity index (χ0n) is 77.0. The normalized spacial score (nSPS) is 51.9. The zero-order valence-corrected chi connectivity index (χ0v) is 77.0. The molecule has 2 aromatic rings. The van der Waals surface area contributed by atoms with E-state index < -0.39 is 0 Å². The van der Waals surface area contributed by atoms with Gasteiger partial charge in [0, 0.05) is 37.0 Å². The maximum absolute atomic E-state index is 11.1. The van der Waals surface area contributed by atoms with E-state index in [1.54, 1.807) is 0 Å². The topological polar surface area (TPSA) is 84.8 Å². The van der Waals surface area contributed by atoms with Gasteiger partial charge >= 0.3 is 0 Å². The Bertz CT molecular complexity index is 3670. The Kier molecular flexibility index (Phi) is 22.8. The third kappa shape index (κ3) is 12.3. The fourth-order valence-corrected chi connectivity index (χ4v) is 38.1. The molecule has 5 N–H and O–H groups in total. The second-order valence-electron chi connectivity index (χ2n) is 48.4. The van der Waals surface area contributed by atoms with Crippen molar-refractivity contribution in [2.45, 2.75) is 356 Å². The van der Waals surface area contributed by atoms with E-state index in [9.17, 15) is 15.3 Å². The van der Waals surface area contributed by atoms with Crippen LogP contribution in [0.15, 0.2) is 109 Å². The maximum Gasteiger partial charge on any atom is 0.0915 e. The largest absolute Gasteiger partial charge is 0.512 e. The summed E-state index contributed by atoms with van der Waals surface area (Å²) in [6, 6.07) is 22.0. The third-order valence-corrected chi connectivity index (χ3v) is 45.7. The molecule has 33 atom stereocenters. The van der Waals surface area contributed by atoms with Crippen LogP contribution in [0.1, 0.15) is 348 Å². The number of fused-ring (bicyclic) bond motifs is 21. The second kappa shape index (κ2) is 30.2. The Balaban J connectivity index is 0.000000135. The van der Waals surface area contributed by atoms with E-state index in [4.69, 9.17) is 0 Å². The van der Waals surface area contributed by atoms with Crippen LogP contribution in [0.2, 0.25) is 0 Å². The van der Waals surface area contributed by atoms with Gasteiger partial charge in [0.2, 0.25) is 0 Å². The summed E-state index contributed by atoms with van der Waals surface area (Å²) < 4.78 is 0. The minimum atomic E-state index is -0.375. The van der Waals surface area contributed by atoms with Gasteiger partial charge in [0.05, 0.1) is 18.5 Å². The minimum Gasteiger partial charge on any atom is -0.512 e. The molecule has 5 heteroatoms. The highest BCUT2D eigenvalue weighted by atomic mass is 16.3. The molecule has 15 saturated carbocycles. The lowest BCUT2D eigenvalue weighted by molar-refractivity contribution is -0.253. The smallest absolute Gasteiger partial charge is 0.0915 e. The van der Waals surface area contributed by atoms with Crippen LogP contribution in [0.3, 0.4) is 0 Å². The fourth-order valence-electron chi connectivity index (χ4n) is 38.1. The Morgan fingerprint density at radius 2 is 0.711 bits per heavy atom. The Morgan fingerprint density at radius 3 is 1.07 bits per heavy atom. The summed E-state index contributed by atoms with van der Waals surface area (Å²) in [5, 5.41) is 40.6. The van der Waals surface area contributed by atoms with Crippen LogP contribution in [0.4, 0.5) is 0 Å². The van der Waals surface area contributed by atoms with Gasteiger partial charge in [0.1, 0.15) is 0 Å². The average Bonchev–Trinajstić information content (AvgIpc) is 1.01. The van der Waals surface area contributed by atoms with Gasteiger partial charge in [-0.2, -0.15) is 0 Å². The molecule has 0 radical (unpaired) electrons. The number of hydrogen-bond donors (Lipinski definition) is 5. The number of aliphatic hydroxyl groups excluding tert-OH is 3. The summed E-state index contributed by atoms with van der Waals surface area (Å²) in [6.45, 7) is 71.3. The van der Waals surface area contributed by atoms with Crippen molar-refractivity contribution in [1.29, 1.82) is 0 Å². The van der Waals surface area contributed by atoms with Crippen LogP contribution in [0.25, 0.3) is 0 Å². The van der Waals surface area contributed by atoms with Crippen LogP contribution >= 0.6 is 0 Å². The molecule has 0 heterocycles. The summed E-state index contributed by atoms with van der Waals surface area (Å²) in [4.78, 5) is 0. The first kappa shape index (κ1) is 86.0. The molecule has 15 fully saturated rings. The molecule has 0 bridgehead atoms. The second-order valence-corrected chi connectivity index (χ2v) is 48.4. The molecule has 0 saturated heterocycles. The summed E-state index contributed by atoms with van der Waals surface area (Å²) in [7, 11) is 0. The van der Waals surface area contributed by atoms with Gasteiger partial charge in [-0.15, -0.1) is 0 Å². The fraction of sp³-hybridized carbons (Fsp3) is 0.817. The molecule has 0 amide bonds. The number of nitrogens with one attached hydrogen (secondary N) is 2. The van der Waals surface area contributed by atoms with Gasteiger partial charge in [0.25, 0.3) is 0 Å². The van der Waals surface area contributed by atoms with Crippen molar-refractivity contribution in [2.75, 3.05) is 19.7 Å². The highest BCUT2D eigenvalue weighted by Crippen LogP contribution is 2.83. The first-order valence-corrected chi connectivity index (χ1v) is 48.8. The van der Waals surface area contributed by atoms with Gasteiger partial charge in [-0.3, -0.25) is 0 Å². The van der Waals surface area contributed by atoms with E-state index in [2.05, 4.69) is 229 Å². The van der Waals surface area contributed by atoms with Crippen molar-refractivity contribution in [3.8, 4) is 0 Å². The van der Waals surface area contributed by atoms with Crippen LogP contribution < -0.4 is 10.6 Å². The standard InChI is InChI=1S/C39H61N.C37H57NO2.C33H54O/c1-9-35(5)28(4)17-20-36(6)32(35)19-21-38(8)33(36)16-15-31-34-30(27(2)3)18-22-39(34,24-23-37(31,38)7)26-40-25-29-13-11-10-12-14-29;1-25(2)27-14-19-37(23-38-22-26-10-8-7-9-11-26)21-20-35(5)28(32(27)37)12-13-30-33(3)17-16-31(40)34(4,24-39)29(33)15-18-36(30,35)6;1-10-29(6)22(4)13-16-30(7)26(29)15-17-32(9)27(30)12-11-25-28-24(21(2)3)14-18-33(28,23(5)34)20-19-31(25,32)8/h10-14,28,30-34,40H,2,9,15-26H2,1,3-8H3;7-11,27-32,38-40H,1,12-24H2,2-6H3;22,24-28,34H,2,5,10-20H2,1,3-4,6-9H3/t28-,30-,31?,32-,33?,34?,35+,36-,37+,38+,39+;27-,28?,29+,30?,31-,32?,33-,34-,35+,36+,37+;22-,24-,25?,26-,27?,28?,29+,30-,31+,32+,33+/m000/s1. The lowest BCUT2D eigenvalue weighted by atomic mass is 9.31. The van der Waals surface area contributed by atoms with Crippen molar-refractivity contribution >= 4 is 0 Å². The molecule has 0 spiro atoms. The quantitative estimate of drug-likeness (QED) is 0.0906. The van der Waals surface area contributed by atoms with Crippen molar-refractivity contribution in [1.82, 2.24) is 10.6 Å². The number of rotatable bonds is 15. The summed E-state index contributed by atoms with van der Waals surface area (Å²) in [5.41, 5.74) is 12.0. The van der Waals surface area contributed by atoms with Gasteiger partial charge < -0.3 is 26.0 Å². The average molecular weight is 1560 g/mol. The molecule has 15 aliphatic carbocycles. The minimum absolute atomic E-state index is 0.0564. The summed E-state index contributed by atoms with van der Waals surface area (Å²) >= 11 is 0. The number of allylic oxidation sites excluding steroid dienone is 4.